The van der Waals surface area contributed by atoms with Gasteiger partial charge in [0.1, 0.15) is 17.4 Å². The minimum Gasteiger partial charge on any atom is -0.493 e. The number of benzene rings is 2. The standard InChI is InChI=1S/C22H23FN2O5S/c1-27-16-11-13(12-17(28-2)20(16)29-3)21(26)25-9-7-14(8-10-25)30-22-24-19-15(23)5-4-6-18(19)31-22/h4-6,11-12,14H,7-10H2,1-3H3. The molecule has 1 aliphatic rings. The highest BCUT2D eigenvalue weighted by Gasteiger charge is 2.27. The Kier molecular flexibility index (Phi) is 6.13. The molecule has 1 saturated heterocycles. The van der Waals surface area contributed by atoms with Gasteiger partial charge in [0, 0.05) is 31.5 Å². The van der Waals surface area contributed by atoms with Crippen LogP contribution in [0.3, 0.4) is 0 Å². The maximum absolute atomic E-state index is 13.9. The molecule has 0 spiro atoms. The zero-order chi connectivity index (χ0) is 22.0. The molecule has 2 heterocycles. The summed E-state index contributed by atoms with van der Waals surface area (Å²) in [6.07, 6.45) is 1.25. The zero-order valence-corrected chi connectivity index (χ0v) is 18.3. The molecule has 0 bridgehead atoms. The van der Waals surface area contributed by atoms with Crippen LogP contribution < -0.4 is 18.9 Å². The summed E-state index contributed by atoms with van der Waals surface area (Å²) < 4.78 is 36.6. The van der Waals surface area contributed by atoms with Gasteiger partial charge in [-0.15, -0.1) is 0 Å². The first-order valence-corrected chi connectivity index (χ1v) is 10.7. The van der Waals surface area contributed by atoms with Gasteiger partial charge in [-0.25, -0.2) is 4.39 Å². The van der Waals surface area contributed by atoms with Crippen molar-refractivity contribution in [3.05, 3.63) is 41.7 Å². The van der Waals surface area contributed by atoms with Crippen LogP contribution in [0.2, 0.25) is 0 Å². The molecule has 1 aromatic heterocycles. The number of ether oxygens (including phenoxy) is 4. The van der Waals surface area contributed by atoms with E-state index in [1.807, 2.05) is 6.07 Å². The number of thiazole rings is 1. The van der Waals surface area contributed by atoms with Crippen molar-refractivity contribution < 1.29 is 28.1 Å². The summed E-state index contributed by atoms with van der Waals surface area (Å²) in [5.74, 6) is 0.855. The van der Waals surface area contributed by atoms with E-state index in [2.05, 4.69) is 4.98 Å². The molecule has 1 amide bonds. The molecule has 0 N–H and O–H groups in total. The number of para-hydroxylation sites is 1. The molecule has 0 atom stereocenters. The van der Waals surface area contributed by atoms with Crippen molar-refractivity contribution in [1.29, 1.82) is 0 Å². The van der Waals surface area contributed by atoms with E-state index in [1.54, 1.807) is 23.1 Å². The van der Waals surface area contributed by atoms with Gasteiger partial charge in [0.15, 0.2) is 11.5 Å². The Morgan fingerprint density at radius 2 is 1.77 bits per heavy atom. The van der Waals surface area contributed by atoms with Crippen molar-refractivity contribution in [2.75, 3.05) is 34.4 Å². The first-order valence-electron chi connectivity index (χ1n) is 9.85. The van der Waals surface area contributed by atoms with Gasteiger partial charge in [-0.1, -0.05) is 17.4 Å². The number of hydrogen-bond donors (Lipinski definition) is 0. The van der Waals surface area contributed by atoms with Crippen LogP contribution in [0.25, 0.3) is 10.2 Å². The molecule has 31 heavy (non-hydrogen) atoms. The number of methoxy groups -OCH3 is 3. The average molecular weight is 447 g/mol. The first-order chi connectivity index (χ1) is 15.0. The Balaban J connectivity index is 1.42. The number of halogens is 1. The lowest BCUT2D eigenvalue weighted by atomic mass is 10.1. The Hall–Kier alpha value is -3.07. The van der Waals surface area contributed by atoms with Crippen molar-refractivity contribution in [1.82, 2.24) is 9.88 Å². The molecule has 7 nitrogen and oxygen atoms in total. The number of rotatable bonds is 6. The monoisotopic (exact) mass is 446 g/mol. The quantitative estimate of drug-likeness (QED) is 0.567. The molecule has 2 aromatic carbocycles. The molecular formula is C22H23FN2O5S. The van der Waals surface area contributed by atoms with E-state index in [0.717, 1.165) is 4.70 Å². The lowest BCUT2D eigenvalue weighted by molar-refractivity contribution is 0.0594. The van der Waals surface area contributed by atoms with Gasteiger partial charge in [0.2, 0.25) is 5.75 Å². The van der Waals surface area contributed by atoms with Crippen LogP contribution >= 0.6 is 11.3 Å². The van der Waals surface area contributed by atoms with Gasteiger partial charge >= 0.3 is 0 Å². The van der Waals surface area contributed by atoms with Crippen LogP contribution in [-0.4, -0.2) is 56.3 Å². The Bertz CT molecular complexity index is 1070. The number of carbonyl (C=O) groups is 1. The van der Waals surface area contributed by atoms with Gasteiger partial charge in [-0.3, -0.25) is 4.79 Å². The number of aromatic nitrogens is 1. The largest absolute Gasteiger partial charge is 0.493 e. The summed E-state index contributed by atoms with van der Waals surface area (Å²) in [4.78, 5) is 19.1. The van der Waals surface area contributed by atoms with Crippen LogP contribution in [0, 0.1) is 5.82 Å². The van der Waals surface area contributed by atoms with Crippen molar-refractivity contribution in [2.24, 2.45) is 0 Å². The predicted octanol–water partition coefficient (Wildman–Crippen LogP) is 4.14. The molecular weight excluding hydrogens is 423 g/mol. The Morgan fingerprint density at radius 1 is 1.10 bits per heavy atom. The molecule has 164 valence electrons. The summed E-state index contributed by atoms with van der Waals surface area (Å²) in [5, 5.41) is 0.453. The number of hydrogen-bond acceptors (Lipinski definition) is 7. The number of carbonyl (C=O) groups excluding carboxylic acids is 1. The van der Waals surface area contributed by atoms with E-state index >= 15 is 0 Å². The third-order valence-corrected chi connectivity index (χ3v) is 6.17. The second kappa shape index (κ2) is 8.97. The lowest BCUT2D eigenvalue weighted by Crippen LogP contribution is -2.41. The van der Waals surface area contributed by atoms with Gasteiger partial charge in [-0.2, -0.15) is 4.98 Å². The van der Waals surface area contributed by atoms with Gasteiger partial charge in [-0.05, 0) is 24.3 Å². The van der Waals surface area contributed by atoms with E-state index in [0.29, 0.717) is 59.5 Å². The number of amides is 1. The van der Waals surface area contributed by atoms with E-state index in [9.17, 15) is 9.18 Å². The number of nitrogens with zero attached hydrogens (tertiary/aromatic N) is 2. The van der Waals surface area contributed by atoms with Crippen LogP contribution in [0.15, 0.2) is 30.3 Å². The second-order valence-corrected chi connectivity index (χ2v) is 8.08. The molecule has 0 radical (unpaired) electrons. The van der Waals surface area contributed by atoms with Crippen molar-refractivity contribution in [3.8, 4) is 22.4 Å². The van der Waals surface area contributed by atoms with Gasteiger partial charge in [0.05, 0.1) is 26.0 Å². The minimum absolute atomic E-state index is 0.0763. The van der Waals surface area contributed by atoms with Crippen LogP contribution in [0.1, 0.15) is 23.2 Å². The fourth-order valence-corrected chi connectivity index (χ4v) is 4.55. The van der Waals surface area contributed by atoms with Crippen LogP contribution in [0.5, 0.6) is 22.4 Å². The third kappa shape index (κ3) is 4.23. The first kappa shape index (κ1) is 21.2. The molecule has 3 aromatic rings. The third-order valence-electron chi connectivity index (χ3n) is 5.26. The van der Waals surface area contributed by atoms with Crippen LogP contribution in [-0.2, 0) is 0 Å². The average Bonchev–Trinajstić information content (AvgIpc) is 3.22. The summed E-state index contributed by atoms with van der Waals surface area (Å²) in [6.45, 7) is 1.08. The summed E-state index contributed by atoms with van der Waals surface area (Å²) in [6, 6.07) is 8.18. The molecule has 0 saturated carbocycles. The van der Waals surface area contributed by atoms with Crippen molar-refractivity contribution in [2.45, 2.75) is 18.9 Å². The number of likely N-dealkylation sites (tertiary alicyclic amines) is 1. The molecule has 4 rings (SSSR count). The Labute approximate surface area is 183 Å². The highest BCUT2D eigenvalue weighted by molar-refractivity contribution is 7.20. The van der Waals surface area contributed by atoms with Crippen molar-refractivity contribution >= 4 is 27.5 Å². The van der Waals surface area contributed by atoms with E-state index in [4.69, 9.17) is 18.9 Å². The van der Waals surface area contributed by atoms with Crippen molar-refractivity contribution in [3.63, 3.8) is 0 Å². The fraction of sp³-hybridized carbons (Fsp3) is 0.364. The lowest BCUT2D eigenvalue weighted by Gasteiger charge is -2.31. The van der Waals surface area contributed by atoms with E-state index in [1.165, 1.54) is 38.7 Å². The Morgan fingerprint density at radius 3 is 2.35 bits per heavy atom. The summed E-state index contributed by atoms with van der Waals surface area (Å²) in [5.41, 5.74) is 0.799. The topological polar surface area (TPSA) is 70.1 Å². The maximum Gasteiger partial charge on any atom is 0.274 e. The van der Waals surface area contributed by atoms with E-state index < -0.39 is 0 Å². The smallest absolute Gasteiger partial charge is 0.274 e. The number of piperidine rings is 1. The minimum atomic E-state index is -0.352. The molecule has 1 aliphatic heterocycles. The van der Waals surface area contributed by atoms with Gasteiger partial charge in [0.25, 0.3) is 11.1 Å². The second-order valence-electron chi connectivity index (χ2n) is 7.09. The fourth-order valence-electron chi connectivity index (χ4n) is 3.65. The summed E-state index contributed by atoms with van der Waals surface area (Å²) in [7, 11) is 4.55. The molecule has 9 heteroatoms. The maximum atomic E-state index is 13.9. The highest BCUT2D eigenvalue weighted by atomic mass is 32.1. The van der Waals surface area contributed by atoms with E-state index in [-0.39, 0.29) is 17.8 Å². The highest BCUT2D eigenvalue weighted by Crippen LogP contribution is 2.38. The zero-order valence-electron chi connectivity index (χ0n) is 17.5. The molecule has 1 fully saturated rings. The SMILES string of the molecule is COc1cc(C(=O)N2CCC(Oc3nc4c(F)cccc4s3)CC2)cc(OC)c1OC. The molecule has 0 aliphatic carbocycles. The van der Waals surface area contributed by atoms with Gasteiger partial charge < -0.3 is 23.8 Å². The summed E-state index contributed by atoms with van der Waals surface area (Å²) >= 11 is 1.33. The normalized spacial score (nSPS) is 14.5. The van der Waals surface area contributed by atoms with Crippen LogP contribution in [0.4, 0.5) is 4.39 Å². The number of fused-ring (bicyclic) bond motifs is 1. The predicted molar refractivity (Wildman–Crippen MR) is 115 cm³/mol. The molecule has 0 unspecified atom stereocenters.